The van der Waals surface area contributed by atoms with Crippen molar-refractivity contribution in [1.29, 1.82) is 0 Å². The molecule has 1 aliphatic carbocycles. The van der Waals surface area contributed by atoms with Gasteiger partial charge in [0.1, 0.15) is 0 Å². The Hall–Kier alpha value is -1.24. The highest BCUT2D eigenvalue weighted by Gasteiger charge is 2.30. The molecule has 0 amide bonds. The minimum Gasteiger partial charge on any atom is -0.481 e. The zero-order valence-electron chi connectivity index (χ0n) is 11.2. The number of thioether (sulfide) groups is 1. The van der Waals surface area contributed by atoms with Gasteiger partial charge in [-0.25, -0.2) is 9.89 Å². The molecule has 1 heterocycles. The van der Waals surface area contributed by atoms with Crippen LogP contribution in [0.4, 0.5) is 0 Å². The molecule has 0 saturated heterocycles. The van der Waals surface area contributed by atoms with E-state index < -0.39 is 5.97 Å². The molecular formula is C12H19N3O3S. The maximum atomic E-state index is 11.8. The topological polar surface area (TPSA) is 88.0 Å². The molecule has 7 heteroatoms. The van der Waals surface area contributed by atoms with Crippen LogP contribution in [0.15, 0.2) is 9.95 Å². The molecule has 1 aliphatic rings. The molecular weight excluding hydrogens is 266 g/mol. The van der Waals surface area contributed by atoms with E-state index in [1.54, 1.807) is 4.57 Å². The van der Waals surface area contributed by atoms with E-state index in [9.17, 15) is 9.59 Å². The normalized spacial score (nSPS) is 19.5. The number of carboxylic acid groups (broad SMARTS) is 1. The van der Waals surface area contributed by atoms with Crippen molar-refractivity contribution in [2.75, 3.05) is 5.75 Å². The van der Waals surface area contributed by atoms with Gasteiger partial charge in [-0.3, -0.25) is 9.36 Å². The van der Waals surface area contributed by atoms with Gasteiger partial charge in [-0.2, -0.15) is 0 Å². The molecule has 6 nitrogen and oxygen atoms in total. The highest BCUT2D eigenvalue weighted by molar-refractivity contribution is 7.99. The Morgan fingerprint density at radius 2 is 2.16 bits per heavy atom. The van der Waals surface area contributed by atoms with E-state index in [0.717, 1.165) is 37.4 Å². The molecule has 0 bridgehead atoms. The summed E-state index contributed by atoms with van der Waals surface area (Å²) in [5.74, 6) is -0.987. The number of H-pyrrole nitrogens is 1. The average Bonchev–Trinajstić information content (AvgIpc) is 2.68. The lowest BCUT2D eigenvalue weighted by atomic mass is 9.75. The first-order chi connectivity index (χ1) is 8.89. The first-order valence-corrected chi connectivity index (χ1v) is 7.39. The van der Waals surface area contributed by atoms with Crippen molar-refractivity contribution in [2.24, 2.45) is 5.41 Å². The number of hydrogen-bond acceptors (Lipinski definition) is 4. The van der Waals surface area contributed by atoms with Crippen LogP contribution in [0.25, 0.3) is 0 Å². The Morgan fingerprint density at radius 1 is 1.53 bits per heavy atom. The Balaban J connectivity index is 2.13. The number of carboxylic acids is 1. The molecule has 0 radical (unpaired) electrons. The minimum absolute atomic E-state index is 0.0808. The van der Waals surface area contributed by atoms with Crippen LogP contribution in [0.1, 0.15) is 45.6 Å². The molecule has 1 saturated carbocycles. The summed E-state index contributed by atoms with van der Waals surface area (Å²) in [6.45, 7) is 4.48. The number of rotatable bonds is 4. The maximum Gasteiger partial charge on any atom is 0.344 e. The van der Waals surface area contributed by atoms with E-state index in [1.165, 1.54) is 0 Å². The fourth-order valence-electron chi connectivity index (χ4n) is 2.48. The number of nitrogens with zero attached hydrogens (tertiary/aromatic N) is 2. The molecule has 19 heavy (non-hydrogen) atoms. The monoisotopic (exact) mass is 285 g/mol. The summed E-state index contributed by atoms with van der Waals surface area (Å²) in [5, 5.41) is 15.5. The van der Waals surface area contributed by atoms with Gasteiger partial charge in [0.25, 0.3) is 0 Å². The number of hydrogen-bond donors (Lipinski definition) is 2. The van der Waals surface area contributed by atoms with Gasteiger partial charge in [-0.1, -0.05) is 25.6 Å². The molecule has 0 aromatic carbocycles. The summed E-state index contributed by atoms with van der Waals surface area (Å²) in [5.41, 5.74) is 0.0932. The van der Waals surface area contributed by atoms with Gasteiger partial charge in [0, 0.05) is 6.04 Å². The first-order valence-electron chi connectivity index (χ1n) is 6.40. The second-order valence-electron chi connectivity index (χ2n) is 5.76. The van der Waals surface area contributed by atoms with Crippen LogP contribution in [0.5, 0.6) is 0 Å². The van der Waals surface area contributed by atoms with Crippen molar-refractivity contribution in [2.45, 2.75) is 50.7 Å². The van der Waals surface area contributed by atoms with Gasteiger partial charge in [0.2, 0.25) is 0 Å². The van der Waals surface area contributed by atoms with Crippen molar-refractivity contribution >= 4 is 17.7 Å². The van der Waals surface area contributed by atoms with Crippen LogP contribution in [-0.4, -0.2) is 31.6 Å². The summed E-state index contributed by atoms with van der Waals surface area (Å²) in [7, 11) is 0. The minimum atomic E-state index is -0.906. The molecule has 2 N–H and O–H groups in total. The zero-order chi connectivity index (χ0) is 14.0. The van der Waals surface area contributed by atoms with Crippen LogP contribution in [0.3, 0.4) is 0 Å². The molecule has 0 aliphatic heterocycles. The van der Waals surface area contributed by atoms with Crippen LogP contribution < -0.4 is 5.69 Å². The van der Waals surface area contributed by atoms with Crippen molar-refractivity contribution in [1.82, 2.24) is 14.8 Å². The lowest BCUT2D eigenvalue weighted by Gasteiger charge is -2.34. The van der Waals surface area contributed by atoms with E-state index in [1.807, 2.05) is 0 Å². The molecule has 2 rings (SSSR count). The average molecular weight is 285 g/mol. The first kappa shape index (κ1) is 14.2. The Kier molecular flexibility index (Phi) is 4.03. The number of aliphatic carboxylic acids is 1. The van der Waals surface area contributed by atoms with Crippen LogP contribution >= 0.6 is 11.8 Å². The van der Waals surface area contributed by atoms with Gasteiger partial charge >= 0.3 is 11.7 Å². The molecule has 0 atom stereocenters. The fraction of sp³-hybridized carbons (Fsp3) is 0.750. The summed E-state index contributed by atoms with van der Waals surface area (Å²) in [6, 6.07) is 0.135. The van der Waals surface area contributed by atoms with Gasteiger partial charge < -0.3 is 5.11 Å². The summed E-state index contributed by atoms with van der Waals surface area (Å²) < 4.78 is 1.63. The van der Waals surface area contributed by atoms with Gasteiger partial charge in [-0.05, 0) is 31.1 Å². The predicted octanol–water partition coefficient (Wildman–Crippen LogP) is 1.89. The van der Waals surface area contributed by atoms with Crippen LogP contribution in [0.2, 0.25) is 0 Å². The van der Waals surface area contributed by atoms with Gasteiger partial charge in [0.05, 0.1) is 5.75 Å². The smallest absolute Gasteiger partial charge is 0.344 e. The number of aromatic nitrogens is 3. The third kappa shape index (κ3) is 3.40. The van der Waals surface area contributed by atoms with E-state index in [-0.39, 0.29) is 17.5 Å². The third-order valence-corrected chi connectivity index (χ3v) is 4.61. The standard InChI is InChI=1S/C12H19N3O3S/c1-12(2)5-3-8(4-6-12)15-10(18)13-14-11(15)19-7-9(16)17/h8H,3-7H2,1-2H3,(H,13,18)(H,16,17). The predicted molar refractivity (Wildman–Crippen MR) is 72.5 cm³/mol. The second-order valence-corrected chi connectivity index (χ2v) is 6.70. The Morgan fingerprint density at radius 3 is 2.74 bits per heavy atom. The maximum absolute atomic E-state index is 11.8. The Labute approximate surface area is 115 Å². The van der Waals surface area contributed by atoms with Gasteiger partial charge in [-0.15, -0.1) is 5.10 Å². The molecule has 1 aromatic heterocycles. The second kappa shape index (κ2) is 5.40. The van der Waals surface area contributed by atoms with E-state index in [2.05, 4.69) is 24.0 Å². The molecule has 106 valence electrons. The number of nitrogens with one attached hydrogen (secondary N) is 1. The lowest BCUT2D eigenvalue weighted by molar-refractivity contribution is -0.133. The van der Waals surface area contributed by atoms with E-state index >= 15 is 0 Å². The van der Waals surface area contributed by atoms with Gasteiger partial charge in [0.15, 0.2) is 5.16 Å². The third-order valence-electron chi connectivity index (χ3n) is 3.67. The summed E-state index contributed by atoms with van der Waals surface area (Å²) >= 11 is 1.09. The number of carbonyl (C=O) groups is 1. The highest BCUT2D eigenvalue weighted by atomic mass is 32.2. The lowest BCUT2D eigenvalue weighted by Crippen LogP contribution is -2.29. The molecule has 1 aromatic rings. The zero-order valence-corrected chi connectivity index (χ0v) is 12.0. The van der Waals surface area contributed by atoms with E-state index in [0.29, 0.717) is 10.6 Å². The van der Waals surface area contributed by atoms with Crippen molar-refractivity contribution < 1.29 is 9.90 Å². The fourth-order valence-corrected chi connectivity index (χ4v) is 3.22. The summed E-state index contributed by atoms with van der Waals surface area (Å²) in [4.78, 5) is 22.4. The SMILES string of the molecule is CC1(C)CCC(n2c(SCC(=O)O)n[nH]c2=O)CC1. The molecule has 1 fully saturated rings. The molecule has 0 spiro atoms. The van der Waals surface area contributed by atoms with Crippen LogP contribution in [0, 0.1) is 5.41 Å². The van der Waals surface area contributed by atoms with Crippen molar-refractivity contribution in [3.05, 3.63) is 10.5 Å². The highest BCUT2D eigenvalue weighted by Crippen LogP contribution is 2.40. The summed E-state index contributed by atoms with van der Waals surface area (Å²) in [6.07, 6.45) is 4.01. The van der Waals surface area contributed by atoms with Crippen molar-refractivity contribution in [3.8, 4) is 0 Å². The number of aromatic amines is 1. The van der Waals surface area contributed by atoms with E-state index in [4.69, 9.17) is 5.11 Å². The largest absolute Gasteiger partial charge is 0.481 e. The Bertz CT molecular complexity index is 511. The molecule has 0 unspecified atom stereocenters. The quantitative estimate of drug-likeness (QED) is 0.825. The van der Waals surface area contributed by atoms with Crippen LogP contribution in [-0.2, 0) is 4.79 Å². The van der Waals surface area contributed by atoms with Crippen molar-refractivity contribution in [3.63, 3.8) is 0 Å².